The summed E-state index contributed by atoms with van der Waals surface area (Å²) in [5.74, 6) is 1.09. The maximum Gasteiger partial charge on any atom is 0.254 e. The predicted octanol–water partition coefficient (Wildman–Crippen LogP) is 1.25. The maximum atomic E-state index is 11.9. The molecule has 178 valence electrons. The van der Waals surface area contributed by atoms with Crippen molar-refractivity contribution in [3.8, 4) is 5.75 Å². The first-order chi connectivity index (χ1) is 15.8. The van der Waals surface area contributed by atoms with Gasteiger partial charge in [-0.25, -0.2) is 13.4 Å². The van der Waals surface area contributed by atoms with E-state index in [0.717, 1.165) is 18.5 Å². The van der Waals surface area contributed by atoms with Crippen LogP contribution in [0.15, 0.2) is 24.4 Å². The fourth-order valence-corrected chi connectivity index (χ4v) is 4.27. The molecule has 0 spiro atoms. The second kappa shape index (κ2) is 9.30. The number of nitrogens with two attached hydrogens (primary N) is 1. The van der Waals surface area contributed by atoms with Crippen molar-refractivity contribution >= 4 is 39.1 Å². The van der Waals surface area contributed by atoms with Gasteiger partial charge in [-0.3, -0.25) is 9.52 Å². The molecule has 0 bridgehead atoms. The number of piperazine rings is 1. The molecule has 1 saturated heterocycles. The van der Waals surface area contributed by atoms with Gasteiger partial charge in [-0.2, -0.15) is 4.98 Å². The van der Waals surface area contributed by atoms with Crippen molar-refractivity contribution in [1.29, 1.82) is 0 Å². The number of carbonyl (C=O) groups is 1. The predicted molar refractivity (Wildman–Crippen MR) is 128 cm³/mol. The second-order valence-corrected chi connectivity index (χ2v) is 10.1. The molecule has 1 aliphatic heterocycles. The van der Waals surface area contributed by atoms with Crippen LogP contribution in [0.5, 0.6) is 5.75 Å². The van der Waals surface area contributed by atoms with Crippen molar-refractivity contribution in [2.45, 2.75) is 25.8 Å². The van der Waals surface area contributed by atoms with E-state index in [1.807, 2.05) is 6.07 Å². The zero-order chi connectivity index (χ0) is 23.6. The standard InChI is InChI=1S/C21H29N7O4S/c1-3-33(30,31)26-15-6-7-17(18(12-15)32-2)27-8-10-28(11-9-27)21-23-13-16(19(22)29)20(25-21)24-14-4-5-14/h6-7,12-14,26H,3-5,8-11H2,1-2H3,(H2,22,29)(H,23,24,25). The first-order valence-corrected chi connectivity index (χ1v) is 12.6. The lowest BCUT2D eigenvalue weighted by atomic mass is 10.2. The Labute approximate surface area is 193 Å². The lowest BCUT2D eigenvalue weighted by Gasteiger charge is -2.36. The van der Waals surface area contributed by atoms with Crippen LogP contribution in [0.1, 0.15) is 30.1 Å². The summed E-state index contributed by atoms with van der Waals surface area (Å²) in [7, 11) is -1.80. The Morgan fingerprint density at radius 1 is 1.21 bits per heavy atom. The highest BCUT2D eigenvalue weighted by Gasteiger charge is 2.26. The summed E-state index contributed by atoms with van der Waals surface area (Å²) in [6, 6.07) is 5.62. The van der Waals surface area contributed by atoms with Crippen LogP contribution in [0.4, 0.5) is 23.1 Å². The van der Waals surface area contributed by atoms with Crippen molar-refractivity contribution in [3.05, 3.63) is 30.0 Å². The molecule has 2 heterocycles. The van der Waals surface area contributed by atoms with E-state index in [1.54, 1.807) is 26.2 Å². The van der Waals surface area contributed by atoms with E-state index < -0.39 is 15.9 Å². The van der Waals surface area contributed by atoms with Gasteiger partial charge in [-0.1, -0.05) is 0 Å². The van der Waals surface area contributed by atoms with Crippen molar-refractivity contribution in [2.24, 2.45) is 5.73 Å². The third-order valence-corrected chi connectivity index (χ3v) is 7.00. The van der Waals surface area contributed by atoms with Crippen LogP contribution < -0.4 is 30.3 Å². The summed E-state index contributed by atoms with van der Waals surface area (Å²) in [4.78, 5) is 24.9. The molecular formula is C21H29N7O4S. The number of anilines is 4. The number of nitrogens with one attached hydrogen (secondary N) is 2. The zero-order valence-corrected chi connectivity index (χ0v) is 19.6. The van der Waals surface area contributed by atoms with Gasteiger partial charge in [0.15, 0.2) is 0 Å². The van der Waals surface area contributed by atoms with Crippen molar-refractivity contribution in [2.75, 3.05) is 58.9 Å². The SMILES string of the molecule is CCS(=O)(=O)Nc1ccc(N2CCN(c3ncc(C(N)=O)c(NC4CC4)n3)CC2)c(OC)c1. The van der Waals surface area contributed by atoms with Gasteiger partial charge in [0, 0.05) is 44.5 Å². The molecule has 0 radical (unpaired) electrons. The molecule has 11 nitrogen and oxygen atoms in total. The van der Waals surface area contributed by atoms with E-state index in [0.29, 0.717) is 61.0 Å². The smallest absolute Gasteiger partial charge is 0.254 e. The van der Waals surface area contributed by atoms with Gasteiger partial charge in [0.1, 0.15) is 11.6 Å². The molecule has 12 heteroatoms. The molecule has 1 amide bonds. The van der Waals surface area contributed by atoms with Crippen LogP contribution in [0.2, 0.25) is 0 Å². The van der Waals surface area contributed by atoms with Crippen LogP contribution in [-0.4, -0.2) is 69.4 Å². The molecule has 2 aromatic rings. The number of hydrogen-bond acceptors (Lipinski definition) is 9. The van der Waals surface area contributed by atoms with E-state index in [-0.39, 0.29) is 5.75 Å². The molecule has 1 aromatic carbocycles. The average molecular weight is 476 g/mol. The first kappa shape index (κ1) is 22.9. The number of ether oxygens (including phenoxy) is 1. The van der Waals surface area contributed by atoms with E-state index in [4.69, 9.17) is 10.5 Å². The number of methoxy groups -OCH3 is 1. The first-order valence-electron chi connectivity index (χ1n) is 10.9. The molecule has 33 heavy (non-hydrogen) atoms. The van der Waals surface area contributed by atoms with Gasteiger partial charge >= 0.3 is 0 Å². The van der Waals surface area contributed by atoms with Crippen LogP contribution >= 0.6 is 0 Å². The molecule has 0 atom stereocenters. The van der Waals surface area contributed by atoms with E-state index in [1.165, 1.54) is 6.20 Å². The van der Waals surface area contributed by atoms with Crippen molar-refractivity contribution in [1.82, 2.24) is 9.97 Å². The number of sulfonamides is 1. The molecule has 1 aromatic heterocycles. The van der Waals surface area contributed by atoms with Crippen LogP contribution in [-0.2, 0) is 10.0 Å². The van der Waals surface area contributed by atoms with Crippen LogP contribution in [0.25, 0.3) is 0 Å². The third kappa shape index (κ3) is 5.38. The summed E-state index contributed by atoms with van der Waals surface area (Å²) in [5, 5.41) is 3.27. The number of hydrogen-bond donors (Lipinski definition) is 3. The molecule has 4 rings (SSSR count). The molecule has 0 unspecified atom stereocenters. The van der Waals surface area contributed by atoms with Gasteiger partial charge in [-0.15, -0.1) is 0 Å². The third-order valence-electron chi connectivity index (χ3n) is 5.70. The Kier molecular flexibility index (Phi) is 6.45. The highest BCUT2D eigenvalue weighted by Crippen LogP contribution is 2.33. The number of primary amides is 1. The molecule has 2 fully saturated rings. The lowest BCUT2D eigenvalue weighted by Crippen LogP contribution is -2.47. The summed E-state index contributed by atoms with van der Waals surface area (Å²) >= 11 is 0. The Balaban J connectivity index is 1.46. The molecule has 2 aliphatic rings. The number of amides is 1. The van der Waals surface area contributed by atoms with Gasteiger partial charge in [0.05, 0.1) is 29.8 Å². The monoisotopic (exact) mass is 475 g/mol. The van der Waals surface area contributed by atoms with Crippen LogP contribution in [0.3, 0.4) is 0 Å². The van der Waals surface area contributed by atoms with E-state index >= 15 is 0 Å². The Bertz CT molecular complexity index is 1130. The number of benzene rings is 1. The highest BCUT2D eigenvalue weighted by molar-refractivity contribution is 7.92. The van der Waals surface area contributed by atoms with Crippen molar-refractivity contribution < 1.29 is 17.9 Å². The average Bonchev–Trinajstić information content (AvgIpc) is 3.62. The number of rotatable bonds is 9. The number of carbonyl (C=O) groups excluding carboxylic acids is 1. The Morgan fingerprint density at radius 3 is 2.52 bits per heavy atom. The fourth-order valence-electron chi connectivity index (χ4n) is 3.64. The lowest BCUT2D eigenvalue weighted by molar-refractivity contribution is 0.100. The number of aromatic nitrogens is 2. The normalized spacial score (nSPS) is 16.4. The van der Waals surface area contributed by atoms with E-state index in [9.17, 15) is 13.2 Å². The number of nitrogens with zero attached hydrogens (tertiary/aromatic N) is 4. The largest absolute Gasteiger partial charge is 0.495 e. The second-order valence-electron chi connectivity index (χ2n) is 8.08. The van der Waals surface area contributed by atoms with Crippen LogP contribution in [0, 0.1) is 0 Å². The maximum absolute atomic E-state index is 11.9. The van der Waals surface area contributed by atoms with Gasteiger partial charge in [-0.05, 0) is 31.9 Å². The van der Waals surface area contributed by atoms with Crippen molar-refractivity contribution in [3.63, 3.8) is 0 Å². The van der Waals surface area contributed by atoms with E-state index in [2.05, 4.69) is 29.8 Å². The zero-order valence-electron chi connectivity index (χ0n) is 18.7. The summed E-state index contributed by atoms with van der Waals surface area (Å²) in [6.45, 7) is 4.33. The molecule has 4 N–H and O–H groups in total. The summed E-state index contributed by atoms with van der Waals surface area (Å²) in [6.07, 6.45) is 3.59. The van der Waals surface area contributed by atoms with Gasteiger partial charge in [0.25, 0.3) is 5.91 Å². The van der Waals surface area contributed by atoms with Gasteiger partial charge in [0.2, 0.25) is 16.0 Å². The Hall–Kier alpha value is -3.28. The molecular weight excluding hydrogens is 446 g/mol. The minimum absolute atomic E-state index is 0.000587. The fraction of sp³-hybridized carbons (Fsp3) is 0.476. The topological polar surface area (TPSA) is 143 Å². The highest BCUT2D eigenvalue weighted by atomic mass is 32.2. The quantitative estimate of drug-likeness (QED) is 0.488. The summed E-state index contributed by atoms with van der Waals surface area (Å²) < 4.78 is 31.8. The molecule has 1 saturated carbocycles. The minimum Gasteiger partial charge on any atom is -0.495 e. The minimum atomic E-state index is -3.36. The molecule has 1 aliphatic carbocycles. The summed E-state index contributed by atoms with van der Waals surface area (Å²) in [5.41, 5.74) is 7.13. The Morgan fingerprint density at radius 2 is 1.91 bits per heavy atom. The van der Waals surface area contributed by atoms with Gasteiger partial charge < -0.3 is 25.6 Å².